The van der Waals surface area contributed by atoms with Crippen molar-refractivity contribution in [1.29, 1.82) is 0 Å². The molecule has 0 saturated carbocycles. The molecule has 0 saturated heterocycles. The average molecular weight is 334 g/mol. The van der Waals surface area contributed by atoms with Crippen LogP contribution in [0, 0.1) is 0 Å². The van der Waals surface area contributed by atoms with Crippen LogP contribution >= 0.6 is 0 Å². The van der Waals surface area contributed by atoms with Crippen molar-refractivity contribution in [3.05, 3.63) is 0 Å². The Morgan fingerprint density at radius 3 is 0.833 bits per heavy atom. The van der Waals surface area contributed by atoms with E-state index in [4.69, 9.17) is 2.85 Å². The molecule has 32 valence electrons. The van der Waals surface area contributed by atoms with Gasteiger partial charge in [-0.15, -0.1) is 0 Å². The van der Waals surface area contributed by atoms with Gasteiger partial charge in [-0.3, -0.25) is 0 Å². The first-order valence-corrected chi connectivity index (χ1v) is 1.67. The Morgan fingerprint density at radius 2 is 0.833 bits per heavy atom. The topological polar surface area (TPSA) is 103 Å². The van der Waals surface area contributed by atoms with Gasteiger partial charge in [-0.05, 0) is 0 Å². The quantitative estimate of drug-likeness (QED) is 0.549. The van der Waals surface area contributed by atoms with Crippen LogP contribution in [0.2, 0.25) is 0 Å². The fourth-order valence-corrected chi connectivity index (χ4v) is 0. The number of hydrogen-bond acceptors (Lipinski definition) is 1. The molecular weight excluding hydrogens is 334 g/mol. The van der Waals surface area contributed by atoms with E-state index < -0.39 is 0 Å². The van der Waals surface area contributed by atoms with Crippen LogP contribution < -0.4 is 0 Å². The summed E-state index contributed by atoms with van der Waals surface area (Å²) in [6.45, 7) is 0. The fourth-order valence-electron chi connectivity index (χ4n) is 0. The van der Waals surface area contributed by atoms with Gasteiger partial charge in [0.15, 0.2) is 0 Å². The summed E-state index contributed by atoms with van der Waals surface area (Å²) in [4.78, 5) is 0. The van der Waals surface area contributed by atoms with Crippen LogP contribution in [0.25, 0.3) is 0 Å². The van der Waals surface area contributed by atoms with Gasteiger partial charge in [0.1, 0.15) is 0 Å². The molecule has 0 aromatic rings. The summed E-state index contributed by atoms with van der Waals surface area (Å²) in [6.07, 6.45) is 0. The van der Waals surface area contributed by atoms with Crippen LogP contribution in [-0.4, -0.2) is 0 Å². The van der Waals surface area contributed by atoms with Crippen molar-refractivity contribution in [3.63, 3.8) is 0 Å². The van der Waals surface area contributed by atoms with Crippen LogP contribution in [0.3, 0.4) is 0 Å². The standard InChI is InChI=1S/Hf.4O.Zr/q+2;;3*-2;+4. The maximum atomic E-state index is 8.39. The molecule has 0 unspecified atom stereocenters. The molecule has 0 heterocycles. The molecule has 0 aromatic heterocycles. The largest absolute Gasteiger partial charge is 4.00 e. The summed E-state index contributed by atoms with van der Waals surface area (Å²) in [6, 6.07) is 0. The minimum absolute atomic E-state index is 0. The third-order valence-electron chi connectivity index (χ3n) is 0. The van der Waals surface area contributed by atoms with Gasteiger partial charge in [0.25, 0.3) is 0 Å². The molecule has 6 heteroatoms. The van der Waals surface area contributed by atoms with Crippen LogP contribution in [0.5, 0.6) is 0 Å². The van der Waals surface area contributed by atoms with Crippen LogP contribution in [-0.2, 0) is 69.9 Å². The predicted molar refractivity (Wildman–Crippen MR) is 2.75 cm³/mol. The molecule has 0 aliphatic carbocycles. The van der Waals surface area contributed by atoms with E-state index in [1.807, 2.05) is 0 Å². The molecule has 4 nitrogen and oxygen atoms in total. The minimum Gasteiger partial charge on any atom is 4.00 e. The molecule has 0 spiro atoms. The van der Waals surface area contributed by atoms with Crippen molar-refractivity contribution in [3.8, 4) is 0 Å². The van der Waals surface area contributed by atoms with Gasteiger partial charge in [-0.25, -0.2) is 0 Å². The SMILES string of the molecule is [O-2].[O-2].[O-2].[O]=[Hf+2].[Zr+4]. The van der Waals surface area contributed by atoms with Gasteiger partial charge in [-0.1, -0.05) is 0 Å². The number of hydrogen-bond donors (Lipinski definition) is 0. The van der Waals surface area contributed by atoms with Gasteiger partial charge < -0.3 is 16.4 Å². The van der Waals surface area contributed by atoms with Crippen molar-refractivity contribution in [2.45, 2.75) is 0 Å². The first-order chi connectivity index (χ1) is 1.00. The molecule has 0 aromatic carbocycles. The van der Waals surface area contributed by atoms with Gasteiger partial charge in [-0.2, -0.15) is 0 Å². The van der Waals surface area contributed by atoms with Crippen molar-refractivity contribution in [2.75, 3.05) is 0 Å². The van der Waals surface area contributed by atoms with E-state index in [9.17, 15) is 0 Å². The zero-order valence-corrected chi connectivity index (χ0v) is 8.68. The van der Waals surface area contributed by atoms with Crippen LogP contribution in [0.4, 0.5) is 0 Å². The van der Waals surface area contributed by atoms with Crippen LogP contribution in [0.1, 0.15) is 0 Å². The molecular formula is HfO4Zr. The van der Waals surface area contributed by atoms with Gasteiger partial charge >= 0.3 is 53.4 Å². The third kappa shape index (κ3) is 52.0. The molecule has 6 heavy (non-hydrogen) atoms. The van der Waals surface area contributed by atoms with Crippen molar-refractivity contribution >= 4 is 0 Å². The van der Waals surface area contributed by atoms with Crippen LogP contribution in [0.15, 0.2) is 0 Å². The molecule has 0 atom stereocenters. The molecule has 0 amide bonds. The summed E-state index contributed by atoms with van der Waals surface area (Å²) >= 11 is 0.0556. The van der Waals surface area contributed by atoms with E-state index in [0.717, 1.165) is 0 Å². The average Bonchev–Trinajstić information content (AvgIpc) is 1.00. The summed E-state index contributed by atoms with van der Waals surface area (Å²) in [7, 11) is 0. The van der Waals surface area contributed by atoms with Crippen molar-refractivity contribution in [1.82, 2.24) is 0 Å². The Bertz CT molecular complexity index is 7.51. The smallest absolute Gasteiger partial charge is 4.00 e. The molecule has 0 N–H and O–H groups in total. The summed E-state index contributed by atoms with van der Waals surface area (Å²) in [5.41, 5.74) is 0. The Morgan fingerprint density at radius 1 is 0.833 bits per heavy atom. The summed E-state index contributed by atoms with van der Waals surface area (Å²) < 4.78 is 8.39. The molecule has 0 aliphatic heterocycles. The molecule has 0 rings (SSSR count). The zero-order valence-electron chi connectivity index (χ0n) is 2.63. The fraction of sp³-hybridized carbons (Fsp3) is 0. The molecule has 0 radical (unpaired) electrons. The molecule has 0 aliphatic rings. The van der Waals surface area contributed by atoms with E-state index in [2.05, 4.69) is 0 Å². The van der Waals surface area contributed by atoms with Crippen molar-refractivity contribution in [2.24, 2.45) is 0 Å². The van der Waals surface area contributed by atoms with Gasteiger partial charge in [0, 0.05) is 0 Å². The Balaban J connectivity index is -0.000000000833. The summed E-state index contributed by atoms with van der Waals surface area (Å²) in [5.74, 6) is 0. The Hall–Kier alpha value is 1.43. The van der Waals surface area contributed by atoms with E-state index >= 15 is 0 Å². The minimum atomic E-state index is 0. The Labute approximate surface area is 69.4 Å². The summed E-state index contributed by atoms with van der Waals surface area (Å²) in [5, 5.41) is 0. The van der Waals surface area contributed by atoms with E-state index in [1.54, 1.807) is 0 Å². The maximum Gasteiger partial charge on any atom is 4.00 e. The van der Waals surface area contributed by atoms with E-state index in [0.29, 0.717) is 0 Å². The Kier molecular flexibility index (Phi) is 801. The molecule has 0 bridgehead atoms. The van der Waals surface area contributed by atoms with Crippen molar-refractivity contribution < 1.29 is 69.9 Å². The second kappa shape index (κ2) is 92.5. The first kappa shape index (κ1) is 52.0. The second-order valence-electron chi connectivity index (χ2n) is 0. The maximum absolute atomic E-state index is 8.39. The van der Waals surface area contributed by atoms with Gasteiger partial charge in [0.05, 0.1) is 0 Å². The monoisotopic (exact) mass is 334 g/mol. The number of rotatable bonds is 0. The van der Waals surface area contributed by atoms with E-state index in [1.165, 1.54) is 0 Å². The predicted octanol–water partition coefficient (Wildman–Crippen LogP) is -0.480. The third-order valence-corrected chi connectivity index (χ3v) is 0. The second-order valence-corrected chi connectivity index (χ2v) is 0. The zero-order chi connectivity index (χ0) is 2.00. The normalized spacial score (nSPS) is 1.00. The molecule has 0 fully saturated rings. The van der Waals surface area contributed by atoms with Gasteiger partial charge in [0.2, 0.25) is 0 Å². The van der Waals surface area contributed by atoms with E-state index in [-0.39, 0.29) is 67.0 Å². The first-order valence-electron chi connectivity index (χ1n) is 0.204.